The maximum atomic E-state index is 11.4. The van der Waals surface area contributed by atoms with E-state index in [1.54, 1.807) is 0 Å². The van der Waals surface area contributed by atoms with Crippen LogP contribution in [0.5, 0.6) is 0 Å². The minimum absolute atomic E-state index is 0.379. The van der Waals surface area contributed by atoms with Crippen molar-refractivity contribution in [3.05, 3.63) is 0 Å². The van der Waals surface area contributed by atoms with E-state index in [4.69, 9.17) is 15.3 Å². The zero-order valence-electron chi connectivity index (χ0n) is 10.3. The molecule has 1 amide bonds. The average molecular weight is 281 g/mol. The highest BCUT2D eigenvalue weighted by molar-refractivity contribution is 5.82. The van der Waals surface area contributed by atoms with Gasteiger partial charge in [0.1, 0.15) is 18.3 Å². The Balaban J connectivity index is 4.43. The number of carbonyl (C=O) groups is 2. The molecule has 0 fully saturated rings. The number of aliphatic hydroxyl groups excluding tert-OH is 5. The largest absolute Gasteiger partial charge is 0.481 e. The first-order chi connectivity index (χ1) is 8.70. The fraction of sp³-hybridized carbons (Fsp3) is 0.800. The molecule has 0 saturated heterocycles. The molecule has 0 heterocycles. The summed E-state index contributed by atoms with van der Waals surface area (Å²) in [4.78, 5) is 21.8. The van der Waals surface area contributed by atoms with Crippen LogP contribution < -0.4 is 5.32 Å². The second-order valence-electron chi connectivity index (χ2n) is 4.18. The van der Waals surface area contributed by atoms with Crippen LogP contribution in [0.3, 0.4) is 0 Å². The summed E-state index contributed by atoms with van der Waals surface area (Å²) in [5.41, 5.74) is 0. The number of nitrogens with one attached hydrogen (secondary N) is 1. The molecule has 0 rings (SSSR count). The fourth-order valence-corrected chi connectivity index (χ4v) is 1.32. The third kappa shape index (κ3) is 5.94. The van der Waals surface area contributed by atoms with E-state index in [1.165, 1.54) is 6.92 Å². The summed E-state index contributed by atoms with van der Waals surface area (Å²) in [5, 5.41) is 56.3. The van der Waals surface area contributed by atoms with E-state index in [0.29, 0.717) is 0 Å². The van der Waals surface area contributed by atoms with Crippen LogP contribution in [0.15, 0.2) is 0 Å². The summed E-state index contributed by atoms with van der Waals surface area (Å²) < 4.78 is 0. The molecule has 0 aromatic carbocycles. The van der Waals surface area contributed by atoms with Crippen LogP contribution >= 0.6 is 0 Å². The molecule has 0 aromatic heterocycles. The molecule has 0 aromatic rings. The van der Waals surface area contributed by atoms with Gasteiger partial charge in [-0.1, -0.05) is 0 Å². The maximum Gasteiger partial charge on any atom is 0.305 e. The monoisotopic (exact) mass is 281 g/mol. The van der Waals surface area contributed by atoms with Crippen LogP contribution in [0.4, 0.5) is 0 Å². The number of hydrogen-bond donors (Lipinski definition) is 7. The van der Waals surface area contributed by atoms with E-state index in [1.807, 2.05) is 0 Å². The van der Waals surface area contributed by atoms with E-state index in [2.05, 4.69) is 5.32 Å². The molecule has 9 heteroatoms. The molecule has 0 saturated carbocycles. The van der Waals surface area contributed by atoms with Gasteiger partial charge in [-0.3, -0.25) is 9.59 Å². The average Bonchev–Trinajstić information content (AvgIpc) is 2.33. The normalized spacial score (nSPS) is 19.1. The molecular weight excluding hydrogens is 262 g/mol. The Morgan fingerprint density at radius 2 is 1.63 bits per heavy atom. The first-order valence-electron chi connectivity index (χ1n) is 5.56. The van der Waals surface area contributed by atoms with Crippen LogP contribution in [0.1, 0.15) is 13.3 Å². The SMILES string of the molecule is CC(CC(=O)O)NC(=O)C(O)C(O)C(O)C(O)CO. The Morgan fingerprint density at radius 1 is 1.11 bits per heavy atom. The highest BCUT2D eigenvalue weighted by atomic mass is 16.4. The Hall–Kier alpha value is -1.26. The van der Waals surface area contributed by atoms with Crippen molar-refractivity contribution in [2.45, 2.75) is 43.8 Å². The Morgan fingerprint density at radius 3 is 2.05 bits per heavy atom. The lowest BCUT2D eigenvalue weighted by Crippen LogP contribution is -2.53. The van der Waals surface area contributed by atoms with Gasteiger partial charge < -0.3 is 36.0 Å². The predicted octanol–water partition coefficient (Wildman–Crippen LogP) is -3.60. The molecule has 5 atom stereocenters. The molecule has 5 unspecified atom stereocenters. The highest BCUT2D eigenvalue weighted by Crippen LogP contribution is 2.06. The van der Waals surface area contributed by atoms with Gasteiger partial charge in [-0.05, 0) is 6.92 Å². The third-order valence-corrected chi connectivity index (χ3v) is 2.39. The number of aliphatic carboxylic acids is 1. The first kappa shape index (κ1) is 17.7. The number of rotatable bonds is 8. The van der Waals surface area contributed by atoms with Gasteiger partial charge in [-0.25, -0.2) is 0 Å². The second-order valence-corrected chi connectivity index (χ2v) is 4.18. The number of carboxylic acid groups (broad SMARTS) is 1. The van der Waals surface area contributed by atoms with Crippen molar-refractivity contribution < 1.29 is 40.2 Å². The van der Waals surface area contributed by atoms with Crippen molar-refractivity contribution in [2.75, 3.05) is 6.61 Å². The lowest BCUT2D eigenvalue weighted by atomic mass is 10.0. The van der Waals surface area contributed by atoms with Crippen LogP contribution in [0.2, 0.25) is 0 Å². The van der Waals surface area contributed by atoms with Gasteiger partial charge in [0.25, 0.3) is 5.91 Å². The van der Waals surface area contributed by atoms with Gasteiger partial charge >= 0.3 is 5.97 Å². The summed E-state index contributed by atoms with van der Waals surface area (Å²) in [6, 6.07) is -0.785. The van der Waals surface area contributed by atoms with Crippen molar-refractivity contribution in [1.29, 1.82) is 0 Å². The summed E-state index contributed by atoms with van der Waals surface area (Å²) in [6.45, 7) is 0.520. The number of carboxylic acids is 1. The van der Waals surface area contributed by atoms with Gasteiger partial charge in [-0.2, -0.15) is 0 Å². The first-order valence-corrected chi connectivity index (χ1v) is 5.56. The lowest BCUT2D eigenvalue weighted by Gasteiger charge is -2.25. The van der Waals surface area contributed by atoms with Crippen molar-refractivity contribution in [1.82, 2.24) is 5.32 Å². The molecule has 7 N–H and O–H groups in total. The van der Waals surface area contributed by atoms with E-state index < -0.39 is 48.9 Å². The van der Waals surface area contributed by atoms with Gasteiger partial charge in [0.15, 0.2) is 6.10 Å². The molecule has 0 aliphatic rings. The third-order valence-electron chi connectivity index (χ3n) is 2.39. The standard InChI is InChI=1S/C10H19NO8/c1-4(2-6(14)15)11-10(19)9(18)8(17)7(16)5(13)3-12/h4-5,7-9,12-13,16-18H,2-3H2,1H3,(H,11,19)(H,14,15). The van der Waals surface area contributed by atoms with Crippen LogP contribution in [-0.4, -0.2) is 79.6 Å². The molecule has 0 spiro atoms. The molecule has 0 aliphatic carbocycles. The van der Waals surface area contributed by atoms with Crippen molar-refractivity contribution in [2.24, 2.45) is 0 Å². The highest BCUT2D eigenvalue weighted by Gasteiger charge is 2.34. The molecular formula is C10H19NO8. The second kappa shape index (κ2) is 8.02. The van der Waals surface area contributed by atoms with Crippen LogP contribution in [0, 0.1) is 0 Å². The predicted molar refractivity (Wildman–Crippen MR) is 61.0 cm³/mol. The number of hydrogen-bond acceptors (Lipinski definition) is 7. The van der Waals surface area contributed by atoms with Gasteiger partial charge in [0.2, 0.25) is 0 Å². The number of amides is 1. The van der Waals surface area contributed by atoms with Crippen LogP contribution in [-0.2, 0) is 9.59 Å². The molecule has 0 aliphatic heterocycles. The zero-order valence-corrected chi connectivity index (χ0v) is 10.3. The van der Waals surface area contributed by atoms with Crippen molar-refractivity contribution in [3.63, 3.8) is 0 Å². The smallest absolute Gasteiger partial charge is 0.305 e. The summed E-state index contributed by atoms with van der Waals surface area (Å²) in [6.07, 6.45) is -8.09. The minimum Gasteiger partial charge on any atom is -0.481 e. The quantitative estimate of drug-likeness (QED) is 0.239. The van der Waals surface area contributed by atoms with Gasteiger partial charge in [-0.15, -0.1) is 0 Å². The maximum absolute atomic E-state index is 11.4. The summed E-state index contributed by atoms with van der Waals surface area (Å²) >= 11 is 0. The molecule has 19 heavy (non-hydrogen) atoms. The molecule has 9 nitrogen and oxygen atoms in total. The summed E-state index contributed by atoms with van der Waals surface area (Å²) in [7, 11) is 0. The lowest BCUT2D eigenvalue weighted by molar-refractivity contribution is -0.149. The van der Waals surface area contributed by atoms with Crippen LogP contribution in [0.25, 0.3) is 0 Å². The van der Waals surface area contributed by atoms with E-state index in [9.17, 15) is 24.9 Å². The fourth-order valence-electron chi connectivity index (χ4n) is 1.32. The number of aliphatic hydroxyl groups is 5. The molecule has 0 radical (unpaired) electrons. The molecule has 112 valence electrons. The van der Waals surface area contributed by atoms with Gasteiger partial charge in [0, 0.05) is 6.04 Å². The van der Waals surface area contributed by atoms with E-state index in [-0.39, 0.29) is 6.42 Å². The Kier molecular flexibility index (Phi) is 7.49. The molecule has 0 bridgehead atoms. The minimum atomic E-state index is -2.06. The van der Waals surface area contributed by atoms with E-state index >= 15 is 0 Å². The van der Waals surface area contributed by atoms with E-state index in [0.717, 1.165) is 0 Å². The number of carbonyl (C=O) groups excluding carboxylic acids is 1. The van der Waals surface area contributed by atoms with Gasteiger partial charge in [0.05, 0.1) is 13.0 Å². The summed E-state index contributed by atoms with van der Waals surface area (Å²) in [5.74, 6) is -2.25. The zero-order chi connectivity index (χ0) is 15.2. The van der Waals surface area contributed by atoms with Crippen molar-refractivity contribution in [3.8, 4) is 0 Å². The Bertz CT molecular complexity index is 310. The van der Waals surface area contributed by atoms with Crippen molar-refractivity contribution >= 4 is 11.9 Å². The topological polar surface area (TPSA) is 168 Å². The Labute approximate surface area is 109 Å².